The summed E-state index contributed by atoms with van der Waals surface area (Å²) in [4.78, 5) is 0. The van der Waals surface area contributed by atoms with Crippen molar-refractivity contribution in [2.45, 2.75) is 33.6 Å². The van der Waals surface area contributed by atoms with Gasteiger partial charge < -0.3 is 0 Å². The van der Waals surface area contributed by atoms with Gasteiger partial charge in [0.15, 0.2) is 0 Å². The Morgan fingerprint density at radius 3 is 2.44 bits per heavy atom. The molecule has 1 aromatic carbocycles. The fourth-order valence-corrected chi connectivity index (χ4v) is 4.04. The van der Waals surface area contributed by atoms with Crippen LogP contribution in [0.2, 0.25) is 0 Å². The van der Waals surface area contributed by atoms with E-state index in [9.17, 15) is 0 Å². The van der Waals surface area contributed by atoms with Crippen LogP contribution in [0.15, 0.2) is 30.3 Å². The van der Waals surface area contributed by atoms with Crippen LogP contribution in [-0.4, -0.2) is 0 Å². The van der Waals surface area contributed by atoms with Crippen molar-refractivity contribution >= 4 is 0 Å². The molecule has 0 nitrogen and oxygen atoms in total. The van der Waals surface area contributed by atoms with E-state index in [1.54, 1.807) is 0 Å². The summed E-state index contributed by atoms with van der Waals surface area (Å²) in [5.74, 6) is 10.1. The maximum atomic E-state index is 3.54. The zero-order valence-electron chi connectivity index (χ0n) is 11.6. The van der Waals surface area contributed by atoms with E-state index in [4.69, 9.17) is 0 Å². The molecule has 0 spiro atoms. The van der Waals surface area contributed by atoms with Crippen molar-refractivity contribution in [3.05, 3.63) is 35.9 Å². The maximum absolute atomic E-state index is 3.54. The van der Waals surface area contributed by atoms with Gasteiger partial charge in [-0.05, 0) is 48.1 Å². The lowest BCUT2D eigenvalue weighted by Crippen LogP contribution is -2.54. The van der Waals surface area contributed by atoms with E-state index in [0.29, 0.717) is 11.3 Å². The lowest BCUT2D eigenvalue weighted by Gasteiger charge is -2.61. The minimum absolute atomic E-state index is 0.574. The standard InChI is InChI=1S/C18H22/c1-13-15(10-9-14-7-5-4-6-8-14)11-16-12-17(13)18(16,2)3/h4-8,13,15-17H,11-12H2,1-3H3/t13-,15?,16+,17+/m1/s1. The molecule has 0 N–H and O–H groups in total. The quantitative estimate of drug-likeness (QED) is 0.589. The molecule has 3 aliphatic carbocycles. The van der Waals surface area contributed by atoms with E-state index in [2.05, 4.69) is 56.9 Å². The molecular weight excluding hydrogens is 216 g/mol. The first-order chi connectivity index (χ1) is 8.59. The van der Waals surface area contributed by atoms with Gasteiger partial charge in [-0.25, -0.2) is 0 Å². The number of hydrogen-bond acceptors (Lipinski definition) is 0. The van der Waals surface area contributed by atoms with Gasteiger partial charge in [-0.15, -0.1) is 0 Å². The monoisotopic (exact) mass is 238 g/mol. The van der Waals surface area contributed by atoms with Crippen LogP contribution in [0.5, 0.6) is 0 Å². The molecule has 0 saturated heterocycles. The van der Waals surface area contributed by atoms with Crippen LogP contribution in [0.4, 0.5) is 0 Å². The normalized spacial score (nSPS) is 36.2. The van der Waals surface area contributed by atoms with Crippen molar-refractivity contribution in [1.82, 2.24) is 0 Å². The number of fused-ring (bicyclic) bond motifs is 2. The van der Waals surface area contributed by atoms with Gasteiger partial charge in [0.25, 0.3) is 0 Å². The van der Waals surface area contributed by atoms with Gasteiger partial charge in [0.2, 0.25) is 0 Å². The molecule has 3 aliphatic rings. The average Bonchev–Trinajstić information content (AvgIpc) is 2.38. The molecule has 0 aromatic heterocycles. The second-order valence-electron chi connectivity index (χ2n) is 6.70. The van der Waals surface area contributed by atoms with Crippen molar-refractivity contribution in [2.75, 3.05) is 0 Å². The molecule has 4 atom stereocenters. The second kappa shape index (κ2) is 4.16. The van der Waals surface area contributed by atoms with Gasteiger partial charge in [-0.3, -0.25) is 0 Å². The summed E-state index contributed by atoms with van der Waals surface area (Å²) in [6.45, 7) is 7.30. The zero-order chi connectivity index (χ0) is 12.8. The van der Waals surface area contributed by atoms with Crippen molar-refractivity contribution < 1.29 is 0 Å². The van der Waals surface area contributed by atoms with Gasteiger partial charge in [-0.2, -0.15) is 0 Å². The van der Waals surface area contributed by atoms with E-state index >= 15 is 0 Å². The Morgan fingerprint density at radius 1 is 1.11 bits per heavy atom. The van der Waals surface area contributed by atoms with E-state index in [1.165, 1.54) is 12.8 Å². The van der Waals surface area contributed by atoms with Crippen molar-refractivity contribution in [2.24, 2.45) is 29.1 Å². The predicted molar refractivity (Wildman–Crippen MR) is 76.0 cm³/mol. The fraction of sp³-hybridized carbons (Fsp3) is 0.556. The molecule has 2 bridgehead atoms. The Morgan fingerprint density at radius 2 is 1.83 bits per heavy atom. The fourth-order valence-electron chi connectivity index (χ4n) is 4.04. The van der Waals surface area contributed by atoms with Gasteiger partial charge in [0.05, 0.1) is 0 Å². The molecule has 4 rings (SSSR count). The number of rotatable bonds is 0. The summed E-state index contributed by atoms with van der Waals surface area (Å²) < 4.78 is 0. The third-order valence-electron chi connectivity index (χ3n) is 5.53. The van der Waals surface area contributed by atoms with Gasteiger partial charge in [0.1, 0.15) is 0 Å². The smallest absolute Gasteiger partial charge is 0.0245 e. The molecule has 0 amide bonds. The number of benzene rings is 1. The minimum atomic E-state index is 0.574. The predicted octanol–water partition coefficient (Wildman–Crippen LogP) is 4.36. The SMILES string of the molecule is C[C@@H]1C(C#Cc2ccccc2)C[C@H]2C[C@@H]1C2(C)C. The topological polar surface area (TPSA) is 0 Å². The van der Waals surface area contributed by atoms with Crippen LogP contribution in [0.25, 0.3) is 0 Å². The molecule has 3 saturated carbocycles. The van der Waals surface area contributed by atoms with Crippen LogP contribution in [0.3, 0.4) is 0 Å². The van der Waals surface area contributed by atoms with Crippen LogP contribution in [-0.2, 0) is 0 Å². The summed E-state index contributed by atoms with van der Waals surface area (Å²) in [7, 11) is 0. The first-order valence-corrected chi connectivity index (χ1v) is 7.15. The summed E-state index contributed by atoms with van der Waals surface area (Å²) >= 11 is 0. The minimum Gasteiger partial charge on any atom is -0.0942 e. The molecule has 0 heterocycles. The first kappa shape index (κ1) is 11.8. The lowest BCUT2D eigenvalue weighted by molar-refractivity contribution is -0.116. The van der Waals surface area contributed by atoms with E-state index in [1.807, 2.05) is 6.07 Å². The van der Waals surface area contributed by atoms with Crippen LogP contribution >= 0.6 is 0 Å². The summed E-state index contributed by atoms with van der Waals surface area (Å²) in [5.41, 5.74) is 1.73. The summed E-state index contributed by atoms with van der Waals surface area (Å²) in [6, 6.07) is 10.4. The molecule has 1 aromatic rings. The van der Waals surface area contributed by atoms with Crippen LogP contribution in [0.1, 0.15) is 39.2 Å². The van der Waals surface area contributed by atoms with Gasteiger partial charge in [0, 0.05) is 11.5 Å². The Kier molecular flexibility index (Phi) is 2.74. The largest absolute Gasteiger partial charge is 0.0942 e. The number of hydrogen-bond donors (Lipinski definition) is 0. The third-order valence-corrected chi connectivity index (χ3v) is 5.53. The Hall–Kier alpha value is -1.22. The van der Waals surface area contributed by atoms with Crippen LogP contribution in [0, 0.1) is 40.9 Å². The molecule has 0 aliphatic heterocycles. The van der Waals surface area contributed by atoms with E-state index in [0.717, 1.165) is 23.3 Å². The molecule has 0 radical (unpaired) electrons. The van der Waals surface area contributed by atoms with Gasteiger partial charge >= 0.3 is 0 Å². The Bertz CT molecular complexity index is 486. The lowest BCUT2D eigenvalue weighted by atomic mass is 9.43. The molecule has 3 fully saturated rings. The molecule has 1 unspecified atom stereocenters. The third kappa shape index (κ3) is 1.77. The molecule has 18 heavy (non-hydrogen) atoms. The van der Waals surface area contributed by atoms with Crippen LogP contribution < -0.4 is 0 Å². The van der Waals surface area contributed by atoms with E-state index < -0.39 is 0 Å². The van der Waals surface area contributed by atoms with Crippen molar-refractivity contribution in [1.29, 1.82) is 0 Å². The highest BCUT2D eigenvalue weighted by molar-refractivity contribution is 5.34. The van der Waals surface area contributed by atoms with E-state index in [-0.39, 0.29) is 0 Å². The summed E-state index contributed by atoms with van der Waals surface area (Å²) in [6.07, 6.45) is 2.75. The van der Waals surface area contributed by atoms with Crippen molar-refractivity contribution in [3.8, 4) is 11.8 Å². The highest BCUT2D eigenvalue weighted by atomic mass is 14.6. The highest BCUT2D eigenvalue weighted by Crippen LogP contribution is 2.62. The average molecular weight is 238 g/mol. The van der Waals surface area contributed by atoms with Crippen molar-refractivity contribution in [3.63, 3.8) is 0 Å². The second-order valence-corrected chi connectivity index (χ2v) is 6.70. The highest BCUT2D eigenvalue weighted by Gasteiger charge is 2.55. The molecule has 94 valence electrons. The molecular formula is C18H22. The maximum Gasteiger partial charge on any atom is 0.0245 e. The Balaban J connectivity index is 1.75. The van der Waals surface area contributed by atoms with Gasteiger partial charge in [-0.1, -0.05) is 50.8 Å². The molecule has 0 heteroatoms. The zero-order valence-corrected chi connectivity index (χ0v) is 11.6. The first-order valence-electron chi connectivity index (χ1n) is 7.15. The summed E-state index contributed by atoms with van der Waals surface area (Å²) in [5, 5.41) is 0. The Labute approximate surface area is 111 Å².